The maximum absolute atomic E-state index is 11.9. The van der Waals surface area contributed by atoms with Gasteiger partial charge < -0.3 is 14.0 Å². The number of amides is 1. The molecular formula is C15H27BN2O4. The fourth-order valence-electron chi connectivity index (χ4n) is 1.72. The fraction of sp³-hybridized carbons (Fsp3) is 0.667. The Morgan fingerprint density at radius 2 is 1.68 bits per heavy atom. The second-order valence-electron chi connectivity index (χ2n) is 7.31. The number of ether oxygens (including phenoxy) is 1. The first-order valence-electron chi connectivity index (χ1n) is 7.26. The summed E-state index contributed by atoms with van der Waals surface area (Å²) in [6.45, 7) is 16.8. The maximum atomic E-state index is 11.9. The average Bonchev–Trinajstić information content (AvgIpc) is 2.52. The molecule has 1 fully saturated rings. The molecule has 0 spiro atoms. The number of hydrogen-bond donors (Lipinski definition) is 1. The number of hydrazine groups is 1. The molecule has 22 heavy (non-hydrogen) atoms. The van der Waals surface area contributed by atoms with Gasteiger partial charge in [0.25, 0.3) is 0 Å². The van der Waals surface area contributed by atoms with E-state index in [2.05, 4.69) is 6.58 Å². The van der Waals surface area contributed by atoms with Crippen LogP contribution in [0.5, 0.6) is 0 Å². The first-order valence-corrected chi connectivity index (χ1v) is 7.26. The minimum atomic E-state index is -0.664. The van der Waals surface area contributed by atoms with Crippen LogP contribution in [0.3, 0.4) is 0 Å². The van der Waals surface area contributed by atoms with Gasteiger partial charge in [-0.3, -0.25) is 0 Å². The summed E-state index contributed by atoms with van der Waals surface area (Å²) in [5.41, 5.74) is -1.04. The van der Waals surface area contributed by atoms with E-state index in [1.54, 1.807) is 26.8 Å². The van der Waals surface area contributed by atoms with Crippen LogP contribution >= 0.6 is 0 Å². The van der Waals surface area contributed by atoms with Crippen molar-refractivity contribution in [3.63, 3.8) is 0 Å². The second kappa shape index (κ2) is 6.06. The Hall–Kier alpha value is -1.31. The Labute approximate surface area is 133 Å². The van der Waals surface area contributed by atoms with Crippen molar-refractivity contribution in [2.75, 3.05) is 0 Å². The lowest BCUT2D eigenvalue weighted by atomic mass is 9.79. The normalized spacial score (nSPS) is 20.7. The summed E-state index contributed by atoms with van der Waals surface area (Å²) in [5, 5.41) is 0.868. The molecule has 0 aliphatic carbocycles. The van der Waals surface area contributed by atoms with Crippen LogP contribution in [-0.2, 0) is 14.0 Å². The van der Waals surface area contributed by atoms with Crippen molar-refractivity contribution in [1.82, 2.24) is 5.01 Å². The van der Waals surface area contributed by atoms with Crippen molar-refractivity contribution in [1.29, 1.82) is 0 Å². The smallest absolute Gasteiger partial charge is 0.443 e. The van der Waals surface area contributed by atoms with Crippen LogP contribution in [0.25, 0.3) is 0 Å². The summed E-state index contributed by atoms with van der Waals surface area (Å²) in [6, 6.07) is 0. The third kappa shape index (κ3) is 4.35. The lowest BCUT2D eigenvalue weighted by Crippen LogP contribution is -2.41. The Morgan fingerprint density at radius 3 is 2.05 bits per heavy atom. The van der Waals surface area contributed by atoms with Crippen LogP contribution in [0, 0.1) is 0 Å². The second-order valence-corrected chi connectivity index (χ2v) is 7.31. The van der Waals surface area contributed by atoms with E-state index in [-0.39, 0.29) is 0 Å². The van der Waals surface area contributed by atoms with E-state index in [1.807, 2.05) is 27.7 Å². The molecule has 124 valence electrons. The predicted molar refractivity (Wildman–Crippen MR) is 86.6 cm³/mol. The van der Waals surface area contributed by atoms with E-state index in [4.69, 9.17) is 19.9 Å². The monoisotopic (exact) mass is 310 g/mol. The number of carbonyl (C=O) groups excluding carboxylic acids is 1. The lowest BCUT2D eigenvalue weighted by Gasteiger charge is -2.32. The van der Waals surface area contributed by atoms with Crippen molar-refractivity contribution >= 4 is 13.2 Å². The van der Waals surface area contributed by atoms with E-state index < -0.39 is 30.0 Å². The number of nitrogens with zero attached hydrogens (tertiary/aromatic N) is 1. The predicted octanol–water partition coefficient (Wildman–Crippen LogP) is 2.80. The summed E-state index contributed by atoms with van der Waals surface area (Å²) in [4.78, 5) is 11.9. The molecule has 1 rings (SSSR count). The van der Waals surface area contributed by atoms with Crippen LogP contribution in [0.1, 0.15) is 48.5 Å². The molecule has 0 atom stereocenters. The van der Waals surface area contributed by atoms with Crippen LogP contribution in [-0.4, -0.2) is 35.0 Å². The van der Waals surface area contributed by atoms with E-state index in [1.165, 1.54) is 6.20 Å². The number of carbonyl (C=O) groups is 1. The van der Waals surface area contributed by atoms with Gasteiger partial charge >= 0.3 is 13.2 Å². The van der Waals surface area contributed by atoms with Gasteiger partial charge in [0.1, 0.15) is 5.60 Å². The molecule has 1 amide bonds. The first kappa shape index (κ1) is 18.7. The van der Waals surface area contributed by atoms with Crippen LogP contribution in [0.4, 0.5) is 4.79 Å². The number of rotatable bonds is 3. The maximum Gasteiger partial charge on any atom is 0.496 e. The highest BCUT2D eigenvalue weighted by atomic mass is 16.7. The van der Waals surface area contributed by atoms with E-state index in [0.29, 0.717) is 5.47 Å². The van der Waals surface area contributed by atoms with Crippen molar-refractivity contribution in [3.05, 3.63) is 24.3 Å². The highest BCUT2D eigenvalue weighted by Gasteiger charge is 2.52. The number of hydrogen-bond acceptors (Lipinski definition) is 5. The minimum Gasteiger partial charge on any atom is -0.443 e. The highest BCUT2D eigenvalue weighted by molar-refractivity contribution is 6.55. The topological polar surface area (TPSA) is 74.0 Å². The fourth-order valence-corrected chi connectivity index (χ4v) is 1.72. The van der Waals surface area contributed by atoms with Gasteiger partial charge in [-0.15, -0.1) is 0 Å². The summed E-state index contributed by atoms with van der Waals surface area (Å²) in [7, 11) is -0.643. The molecule has 2 N–H and O–H groups in total. The average molecular weight is 310 g/mol. The summed E-state index contributed by atoms with van der Waals surface area (Å²) < 4.78 is 17.0. The molecule has 7 heteroatoms. The van der Waals surface area contributed by atoms with E-state index in [0.717, 1.165) is 5.01 Å². The Bertz CT molecular complexity index is 464. The van der Waals surface area contributed by atoms with Gasteiger partial charge in [-0.1, -0.05) is 12.7 Å². The zero-order valence-corrected chi connectivity index (χ0v) is 14.6. The molecule has 0 aromatic carbocycles. The molecule has 0 aromatic rings. The van der Waals surface area contributed by atoms with Gasteiger partial charge in [-0.05, 0) is 53.9 Å². The summed E-state index contributed by atoms with van der Waals surface area (Å²) in [5.74, 6) is 5.73. The molecule has 1 saturated heterocycles. The molecule has 1 aliphatic heterocycles. The van der Waals surface area contributed by atoms with Crippen molar-refractivity contribution in [2.24, 2.45) is 5.84 Å². The van der Waals surface area contributed by atoms with Gasteiger partial charge in [0.15, 0.2) is 0 Å². The number of allylic oxidation sites excluding steroid dienone is 2. The molecule has 6 nitrogen and oxygen atoms in total. The van der Waals surface area contributed by atoms with E-state index >= 15 is 0 Å². The molecule has 1 heterocycles. The van der Waals surface area contributed by atoms with Gasteiger partial charge in [0.2, 0.25) is 0 Å². The number of nitrogens with two attached hydrogens (primary N) is 1. The molecule has 1 aliphatic rings. The lowest BCUT2D eigenvalue weighted by molar-refractivity contribution is 0.00578. The zero-order chi connectivity index (χ0) is 17.3. The molecule has 0 bridgehead atoms. The van der Waals surface area contributed by atoms with E-state index in [9.17, 15) is 4.79 Å². The Kier molecular flexibility index (Phi) is 5.17. The summed E-state index contributed by atoms with van der Waals surface area (Å²) in [6.07, 6.45) is 2.29. The van der Waals surface area contributed by atoms with Crippen molar-refractivity contribution < 1.29 is 18.8 Å². The van der Waals surface area contributed by atoms with Crippen molar-refractivity contribution in [2.45, 2.75) is 65.3 Å². The van der Waals surface area contributed by atoms with Crippen LogP contribution in [0.2, 0.25) is 0 Å². The molecule has 0 radical (unpaired) electrons. The Morgan fingerprint density at radius 1 is 1.23 bits per heavy atom. The quantitative estimate of drug-likeness (QED) is 0.285. The van der Waals surface area contributed by atoms with Crippen molar-refractivity contribution in [3.8, 4) is 0 Å². The molecule has 0 unspecified atom stereocenters. The summed E-state index contributed by atoms with van der Waals surface area (Å²) >= 11 is 0. The van der Waals surface area contributed by atoms with Gasteiger partial charge in [0, 0.05) is 6.20 Å². The Balaban J connectivity index is 2.89. The van der Waals surface area contributed by atoms with Gasteiger partial charge in [-0.25, -0.2) is 15.6 Å². The SMILES string of the molecule is C=C/C(=C\N(N)C(=O)OC(C)(C)C)B1OC(C)(C)C(C)(C)O1. The largest absolute Gasteiger partial charge is 0.496 e. The third-order valence-electron chi connectivity index (χ3n) is 3.65. The van der Waals surface area contributed by atoms with Crippen LogP contribution in [0.15, 0.2) is 24.3 Å². The van der Waals surface area contributed by atoms with Gasteiger partial charge in [0.05, 0.1) is 11.2 Å². The molecule has 0 saturated carbocycles. The van der Waals surface area contributed by atoms with Crippen LogP contribution < -0.4 is 5.84 Å². The molecular weight excluding hydrogens is 283 g/mol. The molecule has 0 aromatic heterocycles. The standard InChI is InChI=1S/C15H27BN2O4/c1-9-11(10-18(17)12(19)20-13(2,3)4)16-21-14(5,6)15(7,8)22-16/h9-10H,1,17H2,2-8H3/b11-10+. The highest BCUT2D eigenvalue weighted by Crippen LogP contribution is 2.38. The minimum absolute atomic E-state index is 0.481. The first-order chi connectivity index (χ1) is 9.79. The third-order valence-corrected chi connectivity index (χ3v) is 3.65. The van der Waals surface area contributed by atoms with Gasteiger partial charge in [-0.2, -0.15) is 0 Å². The zero-order valence-electron chi connectivity index (χ0n) is 14.6.